The lowest BCUT2D eigenvalue weighted by atomic mass is 10.2. The minimum Gasteiger partial charge on any atom is -0.493 e. The molecule has 1 aliphatic rings. The number of carbonyl (C=O) groups excluding carboxylic acids is 1. The van der Waals surface area contributed by atoms with E-state index in [0.717, 1.165) is 11.3 Å². The van der Waals surface area contributed by atoms with Crippen LogP contribution < -0.4 is 14.4 Å². The van der Waals surface area contributed by atoms with Crippen molar-refractivity contribution < 1.29 is 17.9 Å². The van der Waals surface area contributed by atoms with Gasteiger partial charge >= 0.3 is 0 Å². The second-order valence-corrected chi connectivity index (χ2v) is 9.11. The molecule has 3 rings (SSSR count). The minimum atomic E-state index is -3.21. The van der Waals surface area contributed by atoms with E-state index in [0.29, 0.717) is 48.8 Å². The SMILES string of the molecule is Cc1cc(Cl)ccc1OCCCNC(=O)c1ccc(N2CCCS2(=O)=O)cc1. The van der Waals surface area contributed by atoms with Gasteiger partial charge in [0.1, 0.15) is 5.75 Å². The van der Waals surface area contributed by atoms with E-state index >= 15 is 0 Å². The van der Waals surface area contributed by atoms with Crippen molar-refractivity contribution in [2.24, 2.45) is 0 Å². The lowest BCUT2D eigenvalue weighted by Gasteiger charge is -2.17. The van der Waals surface area contributed by atoms with Gasteiger partial charge in [-0.25, -0.2) is 8.42 Å². The van der Waals surface area contributed by atoms with E-state index in [4.69, 9.17) is 16.3 Å². The molecule has 1 saturated heterocycles. The molecule has 6 nitrogen and oxygen atoms in total. The topological polar surface area (TPSA) is 75.7 Å². The first-order chi connectivity index (χ1) is 13.4. The van der Waals surface area contributed by atoms with Gasteiger partial charge < -0.3 is 10.1 Å². The highest BCUT2D eigenvalue weighted by Gasteiger charge is 2.28. The van der Waals surface area contributed by atoms with Crippen LogP contribution in [0.3, 0.4) is 0 Å². The molecule has 1 fully saturated rings. The molecule has 0 spiro atoms. The van der Waals surface area contributed by atoms with Crippen LogP contribution in [0.4, 0.5) is 5.69 Å². The summed E-state index contributed by atoms with van der Waals surface area (Å²) < 4.78 is 31.0. The van der Waals surface area contributed by atoms with Crippen LogP contribution in [0.5, 0.6) is 5.75 Å². The van der Waals surface area contributed by atoms with E-state index in [9.17, 15) is 13.2 Å². The van der Waals surface area contributed by atoms with Gasteiger partial charge in [0, 0.05) is 23.7 Å². The van der Waals surface area contributed by atoms with Gasteiger partial charge in [-0.05, 0) is 67.8 Å². The van der Waals surface area contributed by atoms with Crippen LogP contribution in [0.1, 0.15) is 28.8 Å². The maximum absolute atomic E-state index is 12.2. The van der Waals surface area contributed by atoms with Crippen LogP contribution in [0.2, 0.25) is 5.02 Å². The van der Waals surface area contributed by atoms with Crippen molar-refractivity contribution in [1.82, 2.24) is 5.32 Å². The average molecular weight is 423 g/mol. The first kappa shape index (κ1) is 20.5. The molecule has 0 bridgehead atoms. The molecule has 0 unspecified atom stereocenters. The molecule has 1 aliphatic heterocycles. The molecule has 150 valence electrons. The van der Waals surface area contributed by atoms with Crippen molar-refractivity contribution in [2.45, 2.75) is 19.8 Å². The van der Waals surface area contributed by atoms with Crippen LogP contribution in [-0.2, 0) is 10.0 Å². The third-order valence-corrected chi connectivity index (χ3v) is 6.62. The van der Waals surface area contributed by atoms with E-state index in [1.54, 1.807) is 30.3 Å². The van der Waals surface area contributed by atoms with Gasteiger partial charge in [0.25, 0.3) is 5.91 Å². The van der Waals surface area contributed by atoms with Crippen molar-refractivity contribution in [3.8, 4) is 5.75 Å². The summed E-state index contributed by atoms with van der Waals surface area (Å²) in [5, 5.41) is 3.51. The fraction of sp³-hybridized carbons (Fsp3) is 0.350. The van der Waals surface area contributed by atoms with Crippen LogP contribution >= 0.6 is 11.6 Å². The number of aryl methyl sites for hydroxylation is 1. The fourth-order valence-corrected chi connectivity index (χ4v) is 4.83. The first-order valence-electron chi connectivity index (χ1n) is 9.14. The third kappa shape index (κ3) is 4.97. The molecule has 0 aromatic heterocycles. The Morgan fingerprint density at radius 3 is 2.61 bits per heavy atom. The summed E-state index contributed by atoms with van der Waals surface area (Å²) in [6.45, 7) is 3.38. The highest BCUT2D eigenvalue weighted by atomic mass is 35.5. The summed E-state index contributed by atoms with van der Waals surface area (Å²) in [5.41, 5.74) is 2.06. The number of anilines is 1. The summed E-state index contributed by atoms with van der Waals surface area (Å²) in [4.78, 5) is 12.2. The number of nitrogens with zero attached hydrogens (tertiary/aromatic N) is 1. The lowest BCUT2D eigenvalue weighted by Crippen LogP contribution is -2.26. The first-order valence-corrected chi connectivity index (χ1v) is 11.1. The van der Waals surface area contributed by atoms with Gasteiger partial charge in [0.05, 0.1) is 18.0 Å². The van der Waals surface area contributed by atoms with Crippen molar-refractivity contribution >= 4 is 33.2 Å². The summed E-state index contributed by atoms with van der Waals surface area (Å²) in [6, 6.07) is 12.1. The number of hydrogen-bond acceptors (Lipinski definition) is 4. The Morgan fingerprint density at radius 2 is 1.96 bits per heavy atom. The van der Waals surface area contributed by atoms with Gasteiger partial charge in [-0.15, -0.1) is 0 Å². The van der Waals surface area contributed by atoms with Crippen molar-refractivity contribution in [3.05, 3.63) is 58.6 Å². The van der Waals surface area contributed by atoms with E-state index in [-0.39, 0.29) is 11.7 Å². The van der Waals surface area contributed by atoms with E-state index < -0.39 is 10.0 Å². The zero-order valence-corrected chi connectivity index (χ0v) is 17.2. The second kappa shape index (κ2) is 8.84. The molecule has 2 aromatic carbocycles. The Labute approximate surface area is 170 Å². The second-order valence-electron chi connectivity index (χ2n) is 6.66. The number of amides is 1. The maximum atomic E-state index is 12.2. The number of carbonyl (C=O) groups is 1. The van der Waals surface area contributed by atoms with Crippen molar-refractivity contribution in [1.29, 1.82) is 0 Å². The molecule has 1 amide bonds. The Morgan fingerprint density at radius 1 is 1.21 bits per heavy atom. The standard InChI is InChI=1S/C20H23ClN2O4S/c1-15-14-17(21)6-9-19(15)27-12-2-10-22-20(24)16-4-7-18(8-5-16)23-11-3-13-28(23,25)26/h4-9,14H,2-3,10-13H2,1H3,(H,22,24). The summed E-state index contributed by atoms with van der Waals surface area (Å²) in [7, 11) is -3.21. The summed E-state index contributed by atoms with van der Waals surface area (Å²) in [6.07, 6.45) is 1.29. The number of halogens is 1. The van der Waals surface area contributed by atoms with E-state index in [1.807, 2.05) is 19.1 Å². The highest BCUT2D eigenvalue weighted by Crippen LogP contribution is 2.24. The molecule has 0 radical (unpaired) electrons. The van der Waals surface area contributed by atoms with Crippen molar-refractivity contribution in [3.63, 3.8) is 0 Å². The van der Waals surface area contributed by atoms with Crippen LogP contribution in [0.25, 0.3) is 0 Å². The van der Waals surface area contributed by atoms with Crippen molar-refractivity contribution in [2.75, 3.05) is 29.8 Å². The largest absolute Gasteiger partial charge is 0.493 e. The van der Waals surface area contributed by atoms with Gasteiger partial charge in [-0.2, -0.15) is 0 Å². The number of benzene rings is 2. The maximum Gasteiger partial charge on any atom is 0.251 e. The molecule has 0 aliphatic carbocycles. The smallest absolute Gasteiger partial charge is 0.251 e. The third-order valence-electron chi connectivity index (χ3n) is 4.52. The molecule has 1 N–H and O–H groups in total. The zero-order chi connectivity index (χ0) is 20.1. The lowest BCUT2D eigenvalue weighted by molar-refractivity contribution is 0.0951. The average Bonchev–Trinajstić information content (AvgIpc) is 3.02. The van der Waals surface area contributed by atoms with E-state index in [1.165, 1.54) is 4.31 Å². The molecule has 1 heterocycles. The van der Waals surface area contributed by atoms with Gasteiger partial charge in [0.2, 0.25) is 10.0 Å². The number of ether oxygens (including phenoxy) is 1. The highest BCUT2D eigenvalue weighted by molar-refractivity contribution is 7.93. The Balaban J connectivity index is 1.45. The molecule has 2 aromatic rings. The normalized spacial score (nSPS) is 15.4. The zero-order valence-electron chi connectivity index (χ0n) is 15.7. The number of sulfonamides is 1. The van der Waals surface area contributed by atoms with Crippen LogP contribution in [0, 0.1) is 6.92 Å². The predicted octanol–water partition coefficient (Wildman–Crippen LogP) is 3.39. The van der Waals surface area contributed by atoms with Crippen LogP contribution in [-0.4, -0.2) is 39.8 Å². The van der Waals surface area contributed by atoms with Crippen LogP contribution in [0.15, 0.2) is 42.5 Å². The molecular formula is C20H23ClN2O4S. The molecule has 28 heavy (non-hydrogen) atoms. The van der Waals surface area contributed by atoms with E-state index in [2.05, 4.69) is 5.32 Å². The molecule has 0 saturated carbocycles. The van der Waals surface area contributed by atoms with Gasteiger partial charge in [-0.1, -0.05) is 11.6 Å². The number of rotatable bonds is 7. The number of hydrogen-bond donors (Lipinski definition) is 1. The monoisotopic (exact) mass is 422 g/mol. The molecular weight excluding hydrogens is 400 g/mol. The fourth-order valence-electron chi connectivity index (χ4n) is 3.04. The Hall–Kier alpha value is -2.25. The molecule has 8 heteroatoms. The minimum absolute atomic E-state index is 0.173. The quantitative estimate of drug-likeness (QED) is 0.694. The predicted molar refractivity (Wildman–Crippen MR) is 111 cm³/mol. The Bertz CT molecular complexity index is 945. The molecule has 0 atom stereocenters. The summed E-state index contributed by atoms with van der Waals surface area (Å²) in [5.74, 6) is 0.758. The number of nitrogens with one attached hydrogen (secondary N) is 1. The van der Waals surface area contributed by atoms with Gasteiger partial charge in [-0.3, -0.25) is 9.10 Å². The Kier molecular flexibility index (Phi) is 6.46. The summed E-state index contributed by atoms with van der Waals surface area (Å²) >= 11 is 5.92. The van der Waals surface area contributed by atoms with Gasteiger partial charge in [0.15, 0.2) is 0 Å².